The Hall–Kier alpha value is -3.31. The highest BCUT2D eigenvalue weighted by molar-refractivity contribution is 7.89. The van der Waals surface area contributed by atoms with Gasteiger partial charge in [0.25, 0.3) is 5.91 Å². The Balaban J connectivity index is 2.02. The summed E-state index contributed by atoms with van der Waals surface area (Å²) >= 11 is 0. The number of benzene rings is 2. The maximum atomic E-state index is 13.9. The van der Waals surface area contributed by atoms with Gasteiger partial charge in [-0.3, -0.25) is 9.59 Å². The van der Waals surface area contributed by atoms with Crippen molar-refractivity contribution in [3.05, 3.63) is 59.9 Å². The molecule has 2 aromatic carbocycles. The van der Waals surface area contributed by atoms with Crippen LogP contribution in [-0.4, -0.2) is 46.0 Å². The SMILES string of the molecule is COC(=O)c1cccc(NC(=O)COC(=O)[C@@H](NS(=O)(=O)c2ccccc2F)C(C)C)c1. The first kappa shape index (κ1) is 25.0. The summed E-state index contributed by atoms with van der Waals surface area (Å²) in [6, 6.07) is 9.30. The van der Waals surface area contributed by atoms with Crippen LogP contribution in [0.4, 0.5) is 10.1 Å². The quantitative estimate of drug-likeness (QED) is 0.542. The summed E-state index contributed by atoms with van der Waals surface area (Å²) in [5.74, 6) is -3.82. The van der Waals surface area contributed by atoms with Gasteiger partial charge in [-0.1, -0.05) is 32.0 Å². The van der Waals surface area contributed by atoms with Crippen molar-refractivity contribution in [3.8, 4) is 0 Å². The molecule has 0 aromatic heterocycles. The fourth-order valence-electron chi connectivity index (χ4n) is 2.61. The minimum Gasteiger partial charge on any atom is -0.465 e. The summed E-state index contributed by atoms with van der Waals surface area (Å²) in [7, 11) is -3.13. The number of esters is 2. The number of nitrogens with one attached hydrogen (secondary N) is 2. The molecular formula is C21H23FN2O7S. The van der Waals surface area contributed by atoms with Crippen LogP contribution in [0.2, 0.25) is 0 Å². The van der Waals surface area contributed by atoms with Gasteiger partial charge in [0.05, 0.1) is 12.7 Å². The van der Waals surface area contributed by atoms with Crippen molar-refractivity contribution in [1.82, 2.24) is 4.72 Å². The standard InChI is InChI=1S/C21H23FN2O7S/c1-13(2)19(24-32(28,29)17-10-5-4-9-16(17)22)21(27)31-12-18(25)23-15-8-6-7-14(11-15)20(26)30-3/h4-11,13,19,24H,12H2,1-3H3,(H,23,25)/t19-/m0/s1. The summed E-state index contributed by atoms with van der Waals surface area (Å²) < 4.78 is 50.5. The lowest BCUT2D eigenvalue weighted by molar-refractivity contribution is -0.150. The third kappa shape index (κ3) is 6.59. The first-order chi connectivity index (χ1) is 15.0. The molecule has 0 saturated carbocycles. The van der Waals surface area contributed by atoms with E-state index in [4.69, 9.17) is 4.74 Å². The Morgan fingerprint density at radius 3 is 2.38 bits per heavy atom. The lowest BCUT2D eigenvalue weighted by Crippen LogP contribution is -2.46. The van der Waals surface area contributed by atoms with E-state index in [1.54, 1.807) is 13.8 Å². The van der Waals surface area contributed by atoms with Crippen LogP contribution in [-0.2, 0) is 29.1 Å². The van der Waals surface area contributed by atoms with Crippen molar-refractivity contribution >= 4 is 33.6 Å². The zero-order valence-corrected chi connectivity index (χ0v) is 18.4. The van der Waals surface area contributed by atoms with Crippen molar-refractivity contribution in [2.75, 3.05) is 19.0 Å². The number of hydrogen-bond acceptors (Lipinski definition) is 7. The monoisotopic (exact) mass is 466 g/mol. The van der Waals surface area contributed by atoms with Gasteiger partial charge in [-0.2, -0.15) is 4.72 Å². The van der Waals surface area contributed by atoms with E-state index < -0.39 is 57.1 Å². The summed E-state index contributed by atoms with van der Waals surface area (Å²) in [4.78, 5) is 35.5. The molecule has 0 bridgehead atoms. The zero-order chi connectivity index (χ0) is 23.9. The van der Waals surface area contributed by atoms with E-state index in [2.05, 4.69) is 14.8 Å². The molecule has 0 radical (unpaired) electrons. The Morgan fingerprint density at radius 2 is 1.75 bits per heavy atom. The normalized spacial score (nSPS) is 12.2. The number of halogens is 1. The molecule has 0 unspecified atom stereocenters. The smallest absolute Gasteiger partial charge is 0.337 e. The summed E-state index contributed by atoms with van der Waals surface area (Å²) in [5.41, 5.74) is 0.485. The van der Waals surface area contributed by atoms with Crippen LogP contribution in [0.15, 0.2) is 53.4 Å². The Kier molecular flexibility index (Phi) is 8.44. The van der Waals surface area contributed by atoms with Crippen molar-refractivity contribution in [2.24, 2.45) is 5.92 Å². The highest BCUT2D eigenvalue weighted by Crippen LogP contribution is 2.16. The van der Waals surface area contributed by atoms with E-state index >= 15 is 0 Å². The van der Waals surface area contributed by atoms with Crippen molar-refractivity contribution in [1.29, 1.82) is 0 Å². The van der Waals surface area contributed by atoms with Crippen LogP contribution >= 0.6 is 0 Å². The van der Waals surface area contributed by atoms with Crippen LogP contribution in [0.5, 0.6) is 0 Å². The molecule has 1 atom stereocenters. The molecule has 2 aromatic rings. The molecular weight excluding hydrogens is 443 g/mol. The molecule has 0 aliphatic rings. The first-order valence-electron chi connectivity index (χ1n) is 9.47. The number of ether oxygens (including phenoxy) is 2. The van der Waals surface area contributed by atoms with Crippen LogP contribution < -0.4 is 10.0 Å². The molecule has 0 aliphatic carbocycles. The van der Waals surface area contributed by atoms with E-state index in [0.29, 0.717) is 0 Å². The Labute approximate surface area is 185 Å². The third-order valence-electron chi connectivity index (χ3n) is 4.24. The van der Waals surface area contributed by atoms with Gasteiger partial charge in [0.15, 0.2) is 6.61 Å². The first-order valence-corrected chi connectivity index (χ1v) is 10.9. The molecule has 11 heteroatoms. The number of methoxy groups -OCH3 is 1. The van der Waals surface area contributed by atoms with E-state index in [9.17, 15) is 27.2 Å². The molecule has 2 rings (SSSR count). The molecule has 2 N–H and O–H groups in total. The number of sulfonamides is 1. The molecule has 0 saturated heterocycles. The van der Waals surface area contributed by atoms with E-state index in [1.165, 1.54) is 43.5 Å². The summed E-state index contributed by atoms with van der Waals surface area (Å²) in [6.07, 6.45) is 0. The van der Waals surface area contributed by atoms with E-state index in [0.717, 1.165) is 12.1 Å². The van der Waals surface area contributed by atoms with Gasteiger partial charge in [0, 0.05) is 5.69 Å². The average molecular weight is 466 g/mol. The molecule has 1 amide bonds. The summed E-state index contributed by atoms with van der Waals surface area (Å²) in [6.45, 7) is 2.42. The minimum atomic E-state index is -4.35. The van der Waals surface area contributed by atoms with Crippen LogP contribution in [0, 0.1) is 11.7 Å². The molecule has 0 heterocycles. The molecule has 9 nitrogen and oxygen atoms in total. The molecule has 0 aliphatic heterocycles. The minimum absolute atomic E-state index is 0.213. The number of carbonyl (C=O) groups excluding carboxylic acids is 3. The van der Waals surface area contributed by atoms with Crippen molar-refractivity contribution in [3.63, 3.8) is 0 Å². The molecule has 32 heavy (non-hydrogen) atoms. The van der Waals surface area contributed by atoms with Crippen LogP contribution in [0.1, 0.15) is 24.2 Å². The van der Waals surface area contributed by atoms with Gasteiger partial charge in [-0.05, 0) is 36.2 Å². The van der Waals surface area contributed by atoms with Crippen molar-refractivity contribution in [2.45, 2.75) is 24.8 Å². The highest BCUT2D eigenvalue weighted by atomic mass is 32.2. The van der Waals surface area contributed by atoms with Gasteiger partial charge in [-0.15, -0.1) is 0 Å². The zero-order valence-electron chi connectivity index (χ0n) is 17.6. The van der Waals surface area contributed by atoms with Crippen LogP contribution in [0.25, 0.3) is 0 Å². The van der Waals surface area contributed by atoms with Crippen LogP contribution in [0.3, 0.4) is 0 Å². The van der Waals surface area contributed by atoms with Gasteiger partial charge in [-0.25, -0.2) is 17.6 Å². The predicted octanol–water partition coefficient (Wildman–Crippen LogP) is 2.10. The van der Waals surface area contributed by atoms with E-state index in [-0.39, 0.29) is 11.3 Å². The fourth-order valence-corrected chi connectivity index (χ4v) is 4.03. The lowest BCUT2D eigenvalue weighted by Gasteiger charge is -2.21. The maximum absolute atomic E-state index is 13.9. The Bertz CT molecular complexity index is 1100. The highest BCUT2D eigenvalue weighted by Gasteiger charge is 2.31. The largest absolute Gasteiger partial charge is 0.465 e. The van der Waals surface area contributed by atoms with Gasteiger partial charge in [0.2, 0.25) is 10.0 Å². The Morgan fingerprint density at radius 1 is 1.06 bits per heavy atom. The van der Waals surface area contributed by atoms with E-state index in [1.807, 2.05) is 0 Å². The molecule has 172 valence electrons. The second kappa shape index (κ2) is 10.8. The molecule has 0 spiro atoms. The number of rotatable bonds is 9. The fraction of sp³-hybridized carbons (Fsp3) is 0.286. The number of anilines is 1. The second-order valence-corrected chi connectivity index (χ2v) is 8.68. The maximum Gasteiger partial charge on any atom is 0.337 e. The van der Waals surface area contributed by atoms with Gasteiger partial charge >= 0.3 is 11.9 Å². The van der Waals surface area contributed by atoms with Gasteiger partial charge < -0.3 is 14.8 Å². The number of carbonyl (C=O) groups is 3. The lowest BCUT2D eigenvalue weighted by atomic mass is 10.1. The topological polar surface area (TPSA) is 128 Å². The molecule has 0 fully saturated rings. The number of amides is 1. The van der Waals surface area contributed by atoms with Crippen molar-refractivity contribution < 1.29 is 36.7 Å². The second-order valence-electron chi connectivity index (χ2n) is 7.00. The third-order valence-corrected chi connectivity index (χ3v) is 5.72. The predicted molar refractivity (Wildman–Crippen MR) is 113 cm³/mol. The van der Waals surface area contributed by atoms with Gasteiger partial charge in [0.1, 0.15) is 16.8 Å². The summed E-state index contributed by atoms with van der Waals surface area (Å²) in [5, 5.41) is 2.45. The average Bonchev–Trinajstić information content (AvgIpc) is 2.75. The number of hydrogen-bond donors (Lipinski definition) is 2.